The van der Waals surface area contributed by atoms with Crippen molar-refractivity contribution in [3.05, 3.63) is 50.6 Å². The van der Waals surface area contributed by atoms with Crippen molar-refractivity contribution in [2.75, 3.05) is 11.0 Å². The lowest BCUT2D eigenvalue weighted by atomic mass is 10.3. The van der Waals surface area contributed by atoms with Gasteiger partial charge in [0, 0.05) is 6.54 Å². The largest absolute Gasteiger partial charge is 0.351 e. The van der Waals surface area contributed by atoms with Crippen molar-refractivity contribution in [2.24, 2.45) is 0 Å². The number of hydrogen-bond acceptors (Lipinski definition) is 4. The van der Waals surface area contributed by atoms with Crippen molar-refractivity contribution >= 4 is 38.9 Å². The summed E-state index contributed by atoms with van der Waals surface area (Å²) in [4.78, 5) is 12.6. The van der Waals surface area contributed by atoms with Crippen LogP contribution >= 0.6 is 23.2 Å². The zero-order valence-electron chi connectivity index (χ0n) is 13.3. The molecular formula is C14H16Cl2N4O3S. The van der Waals surface area contributed by atoms with Crippen LogP contribution in [0.15, 0.2) is 29.1 Å². The van der Waals surface area contributed by atoms with E-state index in [9.17, 15) is 13.2 Å². The van der Waals surface area contributed by atoms with Crippen molar-refractivity contribution < 1.29 is 8.42 Å². The smallest absolute Gasteiger partial charge is 0.282 e. The molecule has 1 heterocycles. The first kappa shape index (κ1) is 18.6. The Bertz CT molecular complexity index is 977. The lowest BCUT2D eigenvalue weighted by Crippen LogP contribution is -2.25. The number of aryl methyl sites for hydroxylation is 1. The molecule has 0 aliphatic rings. The Morgan fingerprint density at radius 2 is 1.96 bits per heavy atom. The molecule has 1 N–H and O–H groups in total. The predicted molar refractivity (Wildman–Crippen MR) is 95.9 cm³/mol. The second-order valence-corrected chi connectivity index (χ2v) is 8.01. The molecule has 0 atom stereocenters. The van der Waals surface area contributed by atoms with Gasteiger partial charge in [-0.1, -0.05) is 35.4 Å². The molecule has 0 spiro atoms. The van der Waals surface area contributed by atoms with Gasteiger partial charge in [0.1, 0.15) is 5.82 Å². The number of hydrogen-bond donors (Lipinski definition) is 1. The van der Waals surface area contributed by atoms with Gasteiger partial charge in [0.25, 0.3) is 0 Å². The maximum atomic E-state index is 12.6. The summed E-state index contributed by atoms with van der Waals surface area (Å²) in [5.41, 5.74) is 0.713. The van der Waals surface area contributed by atoms with Crippen LogP contribution in [0.1, 0.15) is 12.7 Å². The zero-order valence-corrected chi connectivity index (χ0v) is 15.6. The Hall–Kier alpha value is -1.77. The van der Waals surface area contributed by atoms with Crippen molar-refractivity contribution in [3.63, 3.8) is 0 Å². The Balaban J connectivity index is 2.63. The van der Waals surface area contributed by atoms with Gasteiger partial charge in [-0.15, -0.1) is 0 Å². The summed E-state index contributed by atoms with van der Waals surface area (Å²) in [6.07, 6.45) is 0.996. The quantitative estimate of drug-likeness (QED) is 0.794. The molecule has 1 aromatic heterocycles. The molecule has 0 amide bonds. The fourth-order valence-corrected chi connectivity index (χ4v) is 3.22. The number of sulfonamides is 1. The van der Waals surface area contributed by atoms with Crippen molar-refractivity contribution in [2.45, 2.75) is 20.4 Å². The molecule has 0 saturated heterocycles. The SMILES string of the molecule is C=C(C)Cn1c(C)nn(-c2cc(NS(C)(=O)=O)c(Cl)cc2Cl)c1=O. The minimum atomic E-state index is -3.54. The second kappa shape index (κ2) is 6.62. The van der Waals surface area contributed by atoms with Gasteiger partial charge < -0.3 is 0 Å². The molecule has 0 fully saturated rings. The lowest BCUT2D eigenvalue weighted by Gasteiger charge is -2.10. The first-order chi connectivity index (χ1) is 11.0. The molecule has 10 heteroatoms. The number of rotatable bonds is 5. The van der Waals surface area contributed by atoms with Crippen LogP contribution in [0.4, 0.5) is 5.69 Å². The normalized spacial score (nSPS) is 11.5. The Kier molecular flexibility index (Phi) is 5.12. The molecule has 0 unspecified atom stereocenters. The number of allylic oxidation sites excluding steroid dienone is 1. The van der Waals surface area contributed by atoms with Crippen LogP contribution in [0.2, 0.25) is 10.0 Å². The summed E-state index contributed by atoms with van der Waals surface area (Å²) in [5, 5.41) is 4.46. The van der Waals surface area contributed by atoms with Gasteiger partial charge in [-0.05, 0) is 26.0 Å². The van der Waals surface area contributed by atoms with Gasteiger partial charge in [0.05, 0.1) is 27.7 Å². The monoisotopic (exact) mass is 390 g/mol. The first-order valence-electron chi connectivity index (χ1n) is 6.77. The van der Waals surface area contributed by atoms with Crippen LogP contribution in [0.25, 0.3) is 5.69 Å². The summed E-state index contributed by atoms with van der Waals surface area (Å²) in [7, 11) is -3.54. The van der Waals surface area contributed by atoms with E-state index < -0.39 is 15.7 Å². The number of halogens is 2. The van der Waals surface area contributed by atoms with E-state index >= 15 is 0 Å². The Labute approximate surface area is 149 Å². The van der Waals surface area contributed by atoms with Crippen LogP contribution in [0.3, 0.4) is 0 Å². The second-order valence-electron chi connectivity index (χ2n) is 5.44. The molecule has 0 aliphatic carbocycles. The van der Waals surface area contributed by atoms with Crippen molar-refractivity contribution in [1.29, 1.82) is 0 Å². The minimum absolute atomic E-state index is 0.109. The highest BCUT2D eigenvalue weighted by Crippen LogP contribution is 2.31. The van der Waals surface area contributed by atoms with Gasteiger partial charge in [0.2, 0.25) is 10.0 Å². The van der Waals surface area contributed by atoms with Crippen LogP contribution in [-0.4, -0.2) is 29.0 Å². The van der Waals surface area contributed by atoms with E-state index in [4.69, 9.17) is 23.2 Å². The number of aromatic nitrogens is 3. The van der Waals surface area contributed by atoms with Gasteiger partial charge in [-0.3, -0.25) is 9.29 Å². The molecule has 0 radical (unpaired) electrons. The number of benzene rings is 1. The molecule has 130 valence electrons. The highest BCUT2D eigenvalue weighted by Gasteiger charge is 2.17. The molecule has 1 aromatic carbocycles. The topological polar surface area (TPSA) is 86.0 Å². The van der Waals surface area contributed by atoms with Crippen LogP contribution < -0.4 is 10.4 Å². The molecule has 0 bridgehead atoms. The third-order valence-corrected chi connectivity index (χ3v) is 4.24. The fraction of sp³-hybridized carbons (Fsp3) is 0.286. The van der Waals surface area contributed by atoms with Crippen LogP contribution in [0, 0.1) is 6.92 Å². The zero-order chi connectivity index (χ0) is 18.2. The molecule has 0 saturated carbocycles. The standard InChI is InChI=1S/C14H16Cl2N4O3S/c1-8(2)7-19-9(3)17-20(14(19)21)13-6-12(18-24(4,22)23)10(15)5-11(13)16/h5-6,18H,1,7H2,2-4H3. The van der Waals surface area contributed by atoms with Gasteiger partial charge in [0.15, 0.2) is 0 Å². The average Bonchev–Trinajstić information content (AvgIpc) is 2.68. The summed E-state index contributed by atoms with van der Waals surface area (Å²) < 4.78 is 27.7. The first-order valence-corrected chi connectivity index (χ1v) is 9.42. The summed E-state index contributed by atoms with van der Waals surface area (Å²) >= 11 is 12.2. The lowest BCUT2D eigenvalue weighted by molar-refractivity contribution is 0.607. The van der Waals surface area contributed by atoms with Crippen LogP contribution in [0.5, 0.6) is 0 Å². The van der Waals surface area contributed by atoms with E-state index in [1.165, 1.54) is 16.7 Å². The van der Waals surface area contributed by atoms with Gasteiger partial charge in [-0.25, -0.2) is 13.2 Å². The summed E-state index contributed by atoms with van der Waals surface area (Å²) in [6, 6.07) is 2.72. The van der Waals surface area contributed by atoms with Crippen molar-refractivity contribution in [1.82, 2.24) is 14.3 Å². The third kappa shape index (κ3) is 4.00. The number of nitrogens with zero attached hydrogens (tertiary/aromatic N) is 3. The molecule has 7 nitrogen and oxygen atoms in total. The molecule has 2 aromatic rings. The molecule has 24 heavy (non-hydrogen) atoms. The van der Waals surface area contributed by atoms with Gasteiger partial charge in [-0.2, -0.15) is 9.78 Å². The number of anilines is 1. The van der Waals surface area contributed by atoms with E-state index in [2.05, 4.69) is 16.4 Å². The van der Waals surface area contributed by atoms with E-state index in [1.54, 1.807) is 13.8 Å². The van der Waals surface area contributed by atoms with E-state index in [1.807, 2.05) is 0 Å². The average molecular weight is 391 g/mol. The highest BCUT2D eigenvalue weighted by molar-refractivity contribution is 7.92. The highest BCUT2D eigenvalue weighted by atomic mass is 35.5. The maximum absolute atomic E-state index is 12.6. The molecule has 2 rings (SSSR count). The third-order valence-electron chi connectivity index (χ3n) is 3.04. The fourth-order valence-electron chi connectivity index (χ4n) is 2.08. The van der Waals surface area contributed by atoms with Crippen molar-refractivity contribution in [3.8, 4) is 5.69 Å². The van der Waals surface area contributed by atoms with Gasteiger partial charge >= 0.3 is 5.69 Å². The van der Waals surface area contributed by atoms with E-state index in [0.717, 1.165) is 16.5 Å². The van der Waals surface area contributed by atoms with E-state index in [-0.39, 0.29) is 21.4 Å². The Morgan fingerprint density at radius 1 is 1.33 bits per heavy atom. The van der Waals surface area contributed by atoms with Crippen LogP contribution in [-0.2, 0) is 16.6 Å². The minimum Gasteiger partial charge on any atom is -0.282 e. The Morgan fingerprint density at radius 3 is 2.50 bits per heavy atom. The number of nitrogens with one attached hydrogen (secondary N) is 1. The van der Waals surface area contributed by atoms with E-state index in [0.29, 0.717) is 12.4 Å². The summed E-state index contributed by atoms with van der Waals surface area (Å²) in [6.45, 7) is 7.58. The molecule has 0 aliphatic heterocycles. The maximum Gasteiger partial charge on any atom is 0.351 e. The molecular weight excluding hydrogens is 375 g/mol. The summed E-state index contributed by atoms with van der Waals surface area (Å²) in [5.74, 6) is 0.478. The predicted octanol–water partition coefficient (Wildman–Crippen LogP) is 2.60.